The zero-order valence-electron chi connectivity index (χ0n) is 13.9. The van der Waals surface area contributed by atoms with Crippen molar-refractivity contribution in [2.75, 3.05) is 10.7 Å². The number of benzene rings is 2. The second-order valence-electron chi connectivity index (χ2n) is 5.39. The van der Waals surface area contributed by atoms with Crippen LogP contribution in [0.25, 0.3) is 0 Å². The van der Waals surface area contributed by atoms with E-state index in [2.05, 4.69) is 21.0 Å². The molecule has 0 aliphatic heterocycles. The number of rotatable bonds is 5. The highest BCUT2D eigenvalue weighted by molar-refractivity contribution is 6.68. The second kappa shape index (κ2) is 7.92. The molecule has 6 heteroatoms. The number of hydrogen-bond acceptors (Lipinski definition) is 5. The van der Waals surface area contributed by atoms with E-state index in [1.807, 2.05) is 56.3 Å². The number of amides is 1. The molecule has 2 aromatic rings. The zero-order chi connectivity index (χ0) is 17.5. The van der Waals surface area contributed by atoms with Gasteiger partial charge in [0, 0.05) is 5.69 Å². The first-order valence-corrected chi connectivity index (χ1v) is 7.47. The first-order valence-electron chi connectivity index (χ1n) is 7.47. The molecule has 2 aromatic carbocycles. The lowest BCUT2D eigenvalue weighted by Gasteiger charge is -2.09. The maximum absolute atomic E-state index is 12.3. The van der Waals surface area contributed by atoms with E-state index >= 15 is 0 Å². The largest absolute Gasteiger partial charge is 0.410 e. The Balaban J connectivity index is 2.09. The van der Waals surface area contributed by atoms with Gasteiger partial charge in [0.25, 0.3) is 5.91 Å². The van der Waals surface area contributed by atoms with Crippen molar-refractivity contribution < 1.29 is 10.0 Å². The molecule has 0 heterocycles. The number of para-hydroxylation sites is 1. The number of hydrazone groups is 1. The Morgan fingerprint density at radius 2 is 1.71 bits per heavy atom. The Morgan fingerprint density at radius 1 is 1.04 bits per heavy atom. The van der Waals surface area contributed by atoms with Crippen molar-refractivity contribution in [2.24, 2.45) is 10.3 Å². The normalized spacial score (nSPS) is 12.0. The Kier molecular flexibility index (Phi) is 5.68. The van der Waals surface area contributed by atoms with Gasteiger partial charge in [-0.3, -0.25) is 10.2 Å². The summed E-state index contributed by atoms with van der Waals surface area (Å²) in [5.41, 5.74) is 6.42. The zero-order valence-corrected chi connectivity index (χ0v) is 13.9. The number of nitrogens with zero attached hydrogens (tertiary/aromatic N) is 2. The Hall–Kier alpha value is -3.15. The van der Waals surface area contributed by atoms with Gasteiger partial charge in [0.05, 0.1) is 11.4 Å². The third-order valence-electron chi connectivity index (χ3n) is 3.46. The quantitative estimate of drug-likeness (QED) is 0.446. The summed E-state index contributed by atoms with van der Waals surface area (Å²) in [7, 11) is 0. The first-order chi connectivity index (χ1) is 11.5. The summed E-state index contributed by atoms with van der Waals surface area (Å²) in [6.45, 7) is 5.46. The second-order valence-corrected chi connectivity index (χ2v) is 5.39. The number of oxime groups is 1. The van der Waals surface area contributed by atoms with Crippen LogP contribution in [0.3, 0.4) is 0 Å². The molecule has 124 valence electrons. The van der Waals surface area contributed by atoms with E-state index in [-0.39, 0.29) is 11.4 Å². The van der Waals surface area contributed by atoms with Crippen molar-refractivity contribution in [3.63, 3.8) is 0 Å². The van der Waals surface area contributed by atoms with Crippen molar-refractivity contribution >= 4 is 28.7 Å². The molecule has 24 heavy (non-hydrogen) atoms. The summed E-state index contributed by atoms with van der Waals surface area (Å²) in [5, 5.41) is 19.0. The molecule has 0 aromatic heterocycles. The lowest BCUT2D eigenvalue weighted by Crippen LogP contribution is -2.29. The van der Waals surface area contributed by atoms with Crippen LogP contribution in [0.2, 0.25) is 0 Å². The molecule has 0 spiro atoms. The summed E-state index contributed by atoms with van der Waals surface area (Å²) in [4.78, 5) is 12.3. The van der Waals surface area contributed by atoms with Crippen molar-refractivity contribution in [2.45, 2.75) is 20.8 Å². The SMILES string of the molecule is CC(=N/Nc1ccc(C)cc1)/C(=N/O)C(=O)Nc1ccccc1C. The van der Waals surface area contributed by atoms with E-state index in [4.69, 9.17) is 5.21 Å². The summed E-state index contributed by atoms with van der Waals surface area (Å²) in [6, 6.07) is 15.0. The summed E-state index contributed by atoms with van der Waals surface area (Å²) >= 11 is 0. The predicted molar refractivity (Wildman–Crippen MR) is 96.9 cm³/mol. The van der Waals surface area contributed by atoms with E-state index < -0.39 is 5.91 Å². The van der Waals surface area contributed by atoms with Gasteiger partial charge in [-0.25, -0.2) is 0 Å². The van der Waals surface area contributed by atoms with Crippen LogP contribution in [0.1, 0.15) is 18.1 Å². The lowest BCUT2D eigenvalue weighted by atomic mass is 10.2. The van der Waals surface area contributed by atoms with Crippen LogP contribution in [0.4, 0.5) is 11.4 Å². The average molecular weight is 324 g/mol. The number of carbonyl (C=O) groups is 1. The van der Waals surface area contributed by atoms with E-state index in [1.165, 1.54) is 0 Å². The molecular formula is C18H20N4O2. The van der Waals surface area contributed by atoms with Crippen LogP contribution >= 0.6 is 0 Å². The highest BCUT2D eigenvalue weighted by atomic mass is 16.4. The number of hydrogen-bond donors (Lipinski definition) is 3. The van der Waals surface area contributed by atoms with Crippen molar-refractivity contribution in [3.8, 4) is 0 Å². The molecule has 6 nitrogen and oxygen atoms in total. The minimum absolute atomic E-state index is 0.155. The highest BCUT2D eigenvalue weighted by Gasteiger charge is 2.17. The predicted octanol–water partition coefficient (Wildman–Crippen LogP) is 3.56. The van der Waals surface area contributed by atoms with Gasteiger partial charge < -0.3 is 10.5 Å². The smallest absolute Gasteiger partial charge is 0.279 e. The fourth-order valence-corrected chi connectivity index (χ4v) is 2.01. The van der Waals surface area contributed by atoms with Gasteiger partial charge >= 0.3 is 0 Å². The Morgan fingerprint density at radius 3 is 2.33 bits per heavy atom. The molecule has 3 N–H and O–H groups in total. The molecule has 0 saturated heterocycles. The van der Waals surface area contributed by atoms with E-state index in [1.54, 1.807) is 13.0 Å². The number of nitrogens with one attached hydrogen (secondary N) is 2. The van der Waals surface area contributed by atoms with Crippen LogP contribution in [-0.2, 0) is 4.79 Å². The highest BCUT2D eigenvalue weighted by Crippen LogP contribution is 2.13. The molecule has 0 aliphatic carbocycles. The molecular weight excluding hydrogens is 304 g/mol. The van der Waals surface area contributed by atoms with Gasteiger partial charge in [0.1, 0.15) is 0 Å². The van der Waals surface area contributed by atoms with Crippen molar-refractivity contribution in [1.29, 1.82) is 0 Å². The monoisotopic (exact) mass is 324 g/mol. The fourth-order valence-electron chi connectivity index (χ4n) is 2.01. The minimum atomic E-state index is -0.529. The summed E-state index contributed by atoms with van der Waals surface area (Å²) in [6.07, 6.45) is 0. The van der Waals surface area contributed by atoms with Crippen LogP contribution in [0.15, 0.2) is 58.8 Å². The minimum Gasteiger partial charge on any atom is -0.410 e. The van der Waals surface area contributed by atoms with Gasteiger partial charge in [-0.15, -0.1) is 0 Å². The standard InChI is InChI=1S/C18H20N4O2/c1-12-8-10-15(11-9-12)21-20-14(3)17(22-24)18(23)19-16-7-5-4-6-13(16)2/h4-11,21,24H,1-3H3,(H,19,23)/b20-14-,22-17-. The lowest BCUT2D eigenvalue weighted by molar-refractivity contribution is -0.110. The molecule has 0 unspecified atom stereocenters. The molecule has 0 fully saturated rings. The number of aryl methyl sites for hydroxylation is 2. The maximum Gasteiger partial charge on any atom is 0.279 e. The van der Waals surface area contributed by atoms with Crippen LogP contribution in [0, 0.1) is 13.8 Å². The summed E-state index contributed by atoms with van der Waals surface area (Å²) < 4.78 is 0. The van der Waals surface area contributed by atoms with Crippen molar-refractivity contribution in [3.05, 3.63) is 59.7 Å². The summed E-state index contributed by atoms with van der Waals surface area (Å²) in [5.74, 6) is -0.529. The van der Waals surface area contributed by atoms with Crippen LogP contribution in [0.5, 0.6) is 0 Å². The molecule has 0 aliphatic rings. The van der Waals surface area contributed by atoms with Gasteiger partial charge in [0.2, 0.25) is 0 Å². The number of anilines is 2. The fraction of sp³-hybridized carbons (Fsp3) is 0.167. The Bertz CT molecular complexity index is 780. The average Bonchev–Trinajstić information content (AvgIpc) is 2.57. The van der Waals surface area contributed by atoms with Gasteiger partial charge in [0.15, 0.2) is 5.71 Å². The van der Waals surface area contributed by atoms with E-state index in [9.17, 15) is 4.79 Å². The third-order valence-corrected chi connectivity index (χ3v) is 3.46. The molecule has 0 atom stereocenters. The molecule has 1 amide bonds. The molecule has 2 rings (SSSR count). The van der Waals surface area contributed by atoms with Crippen LogP contribution < -0.4 is 10.7 Å². The molecule has 0 radical (unpaired) electrons. The number of carbonyl (C=O) groups excluding carboxylic acids is 1. The van der Waals surface area contributed by atoms with Gasteiger partial charge in [-0.1, -0.05) is 41.1 Å². The first kappa shape index (κ1) is 17.2. The molecule has 0 saturated carbocycles. The van der Waals surface area contributed by atoms with Gasteiger partial charge in [-0.05, 0) is 44.5 Å². The van der Waals surface area contributed by atoms with E-state index in [0.717, 1.165) is 16.8 Å². The van der Waals surface area contributed by atoms with Crippen LogP contribution in [-0.4, -0.2) is 22.5 Å². The maximum atomic E-state index is 12.3. The topological polar surface area (TPSA) is 86.1 Å². The molecule has 0 bridgehead atoms. The van der Waals surface area contributed by atoms with Gasteiger partial charge in [-0.2, -0.15) is 5.10 Å². The Labute approximate surface area is 140 Å². The van der Waals surface area contributed by atoms with Crippen molar-refractivity contribution in [1.82, 2.24) is 0 Å². The van der Waals surface area contributed by atoms with E-state index in [0.29, 0.717) is 5.69 Å². The third kappa shape index (κ3) is 4.42.